The molecule has 3 heteroatoms. The molecule has 118 valence electrons. The number of hydrogen-bond donors (Lipinski definition) is 1. The summed E-state index contributed by atoms with van der Waals surface area (Å²) in [6, 6.07) is 5.87. The highest BCUT2D eigenvalue weighted by Gasteiger charge is 1.99. The lowest BCUT2D eigenvalue weighted by Crippen LogP contribution is -2.09. The lowest BCUT2D eigenvalue weighted by atomic mass is 10.2. The predicted octanol–water partition coefficient (Wildman–Crippen LogP) is 5.40. The van der Waals surface area contributed by atoms with E-state index in [0.717, 1.165) is 6.42 Å². The van der Waals surface area contributed by atoms with E-state index < -0.39 is 0 Å². The standard InChI is InChI=1S/C19H24FNO/c1-2-3-4-5-6-7-8-9-10-11-15-19(22)21-18-14-12-13-17(20)16-18/h6-14,16H,2-5,15H2,1H3,(H,21,22). The van der Waals surface area contributed by atoms with Gasteiger partial charge in [0.25, 0.3) is 0 Å². The molecule has 0 spiro atoms. The van der Waals surface area contributed by atoms with Gasteiger partial charge in [-0.05, 0) is 31.0 Å². The fraction of sp³-hybridized carbons (Fsp3) is 0.316. The monoisotopic (exact) mass is 301 g/mol. The van der Waals surface area contributed by atoms with Crippen molar-refractivity contribution in [3.05, 3.63) is 66.5 Å². The zero-order chi connectivity index (χ0) is 16.0. The minimum Gasteiger partial charge on any atom is -0.326 e. The first kappa shape index (κ1) is 17.9. The van der Waals surface area contributed by atoms with E-state index in [4.69, 9.17) is 0 Å². The summed E-state index contributed by atoms with van der Waals surface area (Å²) in [6.07, 6.45) is 16.7. The van der Waals surface area contributed by atoms with Crippen LogP contribution in [0.3, 0.4) is 0 Å². The molecular formula is C19H24FNO. The summed E-state index contributed by atoms with van der Waals surface area (Å²) < 4.78 is 13.0. The van der Waals surface area contributed by atoms with Gasteiger partial charge >= 0.3 is 0 Å². The van der Waals surface area contributed by atoms with E-state index in [9.17, 15) is 9.18 Å². The summed E-state index contributed by atoms with van der Waals surface area (Å²) in [5.74, 6) is -0.521. The largest absolute Gasteiger partial charge is 0.326 e. The van der Waals surface area contributed by atoms with E-state index in [2.05, 4.69) is 18.3 Å². The molecule has 0 aliphatic heterocycles. The van der Waals surface area contributed by atoms with Crippen LogP contribution < -0.4 is 5.32 Å². The van der Waals surface area contributed by atoms with Gasteiger partial charge in [-0.1, -0.05) is 62.3 Å². The van der Waals surface area contributed by atoms with E-state index in [1.54, 1.807) is 18.2 Å². The van der Waals surface area contributed by atoms with Crippen molar-refractivity contribution >= 4 is 11.6 Å². The second-order valence-corrected chi connectivity index (χ2v) is 5.00. The normalized spacial score (nSPS) is 11.7. The third-order valence-electron chi connectivity index (χ3n) is 2.99. The van der Waals surface area contributed by atoms with Crippen LogP contribution in [0.1, 0.15) is 39.0 Å². The zero-order valence-electron chi connectivity index (χ0n) is 13.1. The van der Waals surface area contributed by atoms with Crippen LogP contribution in [0.2, 0.25) is 0 Å². The molecule has 0 radical (unpaired) electrons. The number of carbonyl (C=O) groups is 1. The Hall–Kier alpha value is -2.16. The van der Waals surface area contributed by atoms with E-state index in [1.165, 1.54) is 31.4 Å². The average molecular weight is 301 g/mol. The molecule has 0 aliphatic rings. The highest BCUT2D eigenvalue weighted by Crippen LogP contribution is 2.09. The molecule has 1 amide bonds. The molecule has 1 aromatic carbocycles. The number of amides is 1. The summed E-state index contributed by atoms with van der Waals surface area (Å²) in [4.78, 5) is 11.6. The number of halogens is 1. The minimum atomic E-state index is -0.359. The summed E-state index contributed by atoms with van der Waals surface area (Å²) in [6.45, 7) is 2.19. The maximum Gasteiger partial charge on any atom is 0.228 e. The number of hydrogen-bond acceptors (Lipinski definition) is 1. The Morgan fingerprint density at radius 3 is 2.64 bits per heavy atom. The van der Waals surface area contributed by atoms with Crippen molar-refractivity contribution in [3.63, 3.8) is 0 Å². The van der Waals surface area contributed by atoms with Crippen molar-refractivity contribution in [2.45, 2.75) is 39.0 Å². The van der Waals surface area contributed by atoms with Gasteiger partial charge in [-0.2, -0.15) is 0 Å². The summed E-state index contributed by atoms with van der Waals surface area (Å²) in [7, 11) is 0. The maximum atomic E-state index is 13.0. The Morgan fingerprint density at radius 1 is 1.14 bits per heavy atom. The SMILES string of the molecule is CCCCCC=CC=CC=CCC(=O)Nc1cccc(F)c1. The Labute approximate surface area is 132 Å². The van der Waals surface area contributed by atoms with Gasteiger partial charge in [0, 0.05) is 12.1 Å². The minimum absolute atomic E-state index is 0.162. The first-order valence-electron chi connectivity index (χ1n) is 7.76. The lowest BCUT2D eigenvalue weighted by molar-refractivity contribution is -0.115. The number of allylic oxidation sites excluding steroid dienone is 5. The van der Waals surface area contributed by atoms with Crippen molar-refractivity contribution < 1.29 is 9.18 Å². The van der Waals surface area contributed by atoms with Crippen LogP contribution in [0.4, 0.5) is 10.1 Å². The fourth-order valence-electron chi connectivity index (χ4n) is 1.85. The molecule has 22 heavy (non-hydrogen) atoms. The topological polar surface area (TPSA) is 29.1 Å². The van der Waals surface area contributed by atoms with Crippen LogP contribution in [0, 0.1) is 5.82 Å². The molecule has 0 heterocycles. The summed E-state index contributed by atoms with van der Waals surface area (Å²) in [5.41, 5.74) is 0.476. The highest BCUT2D eigenvalue weighted by atomic mass is 19.1. The van der Waals surface area contributed by atoms with E-state index in [0.29, 0.717) is 5.69 Å². The first-order chi connectivity index (χ1) is 10.7. The highest BCUT2D eigenvalue weighted by molar-refractivity contribution is 5.91. The first-order valence-corrected chi connectivity index (χ1v) is 7.76. The smallest absolute Gasteiger partial charge is 0.228 e. The zero-order valence-corrected chi connectivity index (χ0v) is 13.1. The summed E-state index contributed by atoms with van der Waals surface area (Å²) in [5, 5.41) is 2.65. The third kappa shape index (κ3) is 8.90. The molecule has 0 saturated carbocycles. The van der Waals surface area contributed by atoms with Crippen LogP contribution in [0.15, 0.2) is 60.7 Å². The number of anilines is 1. The molecule has 0 bridgehead atoms. The number of nitrogens with one attached hydrogen (secondary N) is 1. The van der Waals surface area contributed by atoms with Crippen LogP contribution >= 0.6 is 0 Å². The predicted molar refractivity (Wildman–Crippen MR) is 91.2 cm³/mol. The molecule has 0 fully saturated rings. The van der Waals surface area contributed by atoms with E-state index in [-0.39, 0.29) is 18.1 Å². The van der Waals surface area contributed by atoms with Crippen molar-refractivity contribution in [1.29, 1.82) is 0 Å². The Bertz CT molecular complexity index is 532. The fourth-order valence-corrected chi connectivity index (χ4v) is 1.85. The number of unbranched alkanes of at least 4 members (excludes halogenated alkanes) is 3. The molecule has 2 nitrogen and oxygen atoms in total. The number of carbonyl (C=O) groups excluding carboxylic acids is 1. The maximum absolute atomic E-state index is 13.0. The van der Waals surface area contributed by atoms with Crippen molar-refractivity contribution in [1.82, 2.24) is 0 Å². The van der Waals surface area contributed by atoms with Gasteiger partial charge in [0.2, 0.25) is 5.91 Å². The van der Waals surface area contributed by atoms with Gasteiger partial charge in [0.15, 0.2) is 0 Å². The molecule has 1 aromatic rings. The van der Waals surface area contributed by atoms with Crippen LogP contribution in [-0.2, 0) is 4.79 Å². The number of benzene rings is 1. The van der Waals surface area contributed by atoms with Crippen molar-refractivity contribution in [2.75, 3.05) is 5.32 Å². The molecule has 0 unspecified atom stereocenters. The van der Waals surface area contributed by atoms with Gasteiger partial charge in [-0.25, -0.2) is 4.39 Å². The van der Waals surface area contributed by atoms with E-state index >= 15 is 0 Å². The molecular weight excluding hydrogens is 277 g/mol. The molecule has 0 aromatic heterocycles. The number of rotatable bonds is 9. The van der Waals surface area contributed by atoms with Gasteiger partial charge in [0.1, 0.15) is 5.82 Å². The van der Waals surface area contributed by atoms with Crippen LogP contribution in [0.25, 0.3) is 0 Å². The molecule has 0 aliphatic carbocycles. The second-order valence-electron chi connectivity index (χ2n) is 5.00. The Balaban J connectivity index is 2.20. The second kappa shape index (κ2) is 11.5. The van der Waals surface area contributed by atoms with Crippen molar-refractivity contribution in [3.8, 4) is 0 Å². The van der Waals surface area contributed by atoms with Gasteiger partial charge < -0.3 is 5.32 Å². The average Bonchev–Trinajstić information content (AvgIpc) is 2.49. The van der Waals surface area contributed by atoms with E-state index in [1.807, 2.05) is 24.3 Å². The van der Waals surface area contributed by atoms with Crippen LogP contribution in [-0.4, -0.2) is 5.91 Å². The lowest BCUT2D eigenvalue weighted by Gasteiger charge is -2.02. The van der Waals surface area contributed by atoms with Crippen LogP contribution in [0.5, 0.6) is 0 Å². The Kier molecular flexibility index (Phi) is 9.35. The van der Waals surface area contributed by atoms with Gasteiger partial charge in [-0.3, -0.25) is 4.79 Å². The quantitative estimate of drug-likeness (QED) is 0.480. The van der Waals surface area contributed by atoms with Crippen molar-refractivity contribution in [2.24, 2.45) is 0 Å². The molecule has 1 N–H and O–H groups in total. The summed E-state index contributed by atoms with van der Waals surface area (Å²) >= 11 is 0. The van der Waals surface area contributed by atoms with Gasteiger partial charge in [-0.15, -0.1) is 0 Å². The third-order valence-corrected chi connectivity index (χ3v) is 2.99. The molecule has 0 atom stereocenters. The molecule has 0 saturated heterocycles. The Morgan fingerprint density at radius 2 is 1.91 bits per heavy atom. The van der Waals surface area contributed by atoms with Gasteiger partial charge in [0.05, 0.1) is 0 Å². The molecule has 1 rings (SSSR count).